The summed E-state index contributed by atoms with van der Waals surface area (Å²) in [5, 5.41) is 9.78. The molecule has 0 saturated carbocycles. The molecule has 1 N–H and O–H groups in total. The van der Waals surface area contributed by atoms with Crippen LogP contribution >= 0.6 is 11.8 Å². The normalized spacial score (nSPS) is 10.2. The van der Waals surface area contributed by atoms with E-state index in [2.05, 4.69) is 19.9 Å². The Hall–Kier alpha value is -1.69. The summed E-state index contributed by atoms with van der Waals surface area (Å²) in [7, 11) is 0. The third kappa shape index (κ3) is 2.21. The smallest absolute Gasteiger partial charge is 0.318 e. The summed E-state index contributed by atoms with van der Waals surface area (Å²) in [5.41, 5.74) is 0.755. The van der Waals surface area contributed by atoms with E-state index >= 15 is 0 Å². The second-order valence-electron chi connectivity index (χ2n) is 2.69. The van der Waals surface area contributed by atoms with Crippen molar-refractivity contribution in [3.63, 3.8) is 0 Å². The number of hydrogen-bond acceptors (Lipinski definition) is 6. The van der Waals surface area contributed by atoms with Gasteiger partial charge in [0.25, 0.3) is 0 Å². The molecule has 0 radical (unpaired) electrons. The molecule has 0 bridgehead atoms. The second kappa shape index (κ2) is 4.22. The fraction of sp³-hybridized carbons (Fsp3) is 0.111. The molecule has 6 heteroatoms. The van der Waals surface area contributed by atoms with Gasteiger partial charge in [-0.15, -0.1) is 0 Å². The number of aromatic hydroxyl groups is 1. The quantitative estimate of drug-likeness (QED) is 0.770. The summed E-state index contributed by atoms with van der Waals surface area (Å²) in [4.78, 5) is 15.7. The Morgan fingerprint density at radius 3 is 2.80 bits per heavy atom. The highest BCUT2D eigenvalue weighted by Gasteiger charge is 2.06. The van der Waals surface area contributed by atoms with Crippen molar-refractivity contribution in [2.24, 2.45) is 0 Å². The van der Waals surface area contributed by atoms with E-state index in [9.17, 15) is 5.11 Å². The molecule has 2 aromatic rings. The first kappa shape index (κ1) is 9.85. The van der Waals surface area contributed by atoms with Gasteiger partial charge in [0.05, 0.1) is 0 Å². The lowest BCUT2D eigenvalue weighted by atomic mass is 10.3. The zero-order valence-electron chi connectivity index (χ0n) is 7.95. The number of thioether (sulfide) groups is 1. The van der Waals surface area contributed by atoms with Crippen molar-refractivity contribution in [1.82, 2.24) is 19.9 Å². The minimum absolute atomic E-state index is 0.270. The molecule has 0 aliphatic carbocycles. The Bertz CT molecular complexity index is 463. The topological polar surface area (TPSA) is 71.8 Å². The Morgan fingerprint density at radius 2 is 2.13 bits per heavy atom. The number of pyridine rings is 1. The van der Waals surface area contributed by atoms with E-state index in [-0.39, 0.29) is 6.01 Å². The third-order valence-electron chi connectivity index (χ3n) is 1.71. The van der Waals surface area contributed by atoms with Crippen LogP contribution < -0.4 is 0 Å². The van der Waals surface area contributed by atoms with Gasteiger partial charge in [0.2, 0.25) is 0 Å². The largest absolute Gasteiger partial charge is 0.479 e. The Labute approximate surface area is 90.6 Å². The third-order valence-corrected chi connectivity index (χ3v) is 2.25. The van der Waals surface area contributed by atoms with E-state index in [0.717, 1.165) is 5.56 Å². The van der Waals surface area contributed by atoms with Gasteiger partial charge in [0, 0.05) is 18.0 Å². The van der Waals surface area contributed by atoms with Gasteiger partial charge in [-0.2, -0.15) is 9.97 Å². The fourth-order valence-corrected chi connectivity index (χ4v) is 1.41. The summed E-state index contributed by atoms with van der Waals surface area (Å²) in [6.07, 6.45) is 5.14. The minimum atomic E-state index is -0.270. The first-order valence-corrected chi connectivity index (χ1v) is 5.41. The van der Waals surface area contributed by atoms with E-state index in [1.165, 1.54) is 11.8 Å². The summed E-state index contributed by atoms with van der Waals surface area (Å²) in [6.45, 7) is 0. The van der Waals surface area contributed by atoms with Gasteiger partial charge < -0.3 is 5.11 Å². The van der Waals surface area contributed by atoms with Gasteiger partial charge in [0.1, 0.15) is 0 Å². The fourth-order valence-electron chi connectivity index (χ4n) is 1.06. The van der Waals surface area contributed by atoms with Crippen molar-refractivity contribution in [3.8, 4) is 17.4 Å². The Balaban J connectivity index is 2.49. The van der Waals surface area contributed by atoms with Crippen molar-refractivity contribution in [3.05, 3.63) is 24.5 Å². The summed E-state index contributed by atoms with van der Waals surface area (Å²) in [5.74, 6) is 0.431. The first-order valence-electron chi connectivity index (χ1n) is 4.19. The van der Waals surface area contributed by atoms with E-state index in [4.69, 9.17) is 0 Å². The summed E-state index contributed by atoms with van der Waals surface area (Å²) >= 11 is 1.35. The molecule has 15 heavy (non-hydrogen) atoms. The van der Waals surface area contributed by atoms with Crippen LogP contribution in [0.3, 0.4) is 0 Å². The molecule has 5 nitrogen and oxygen atoms in total. The maximum atomic E-state index is 9.29. The molecular weight excluding hydrogens is 212 g/mol. The lowest BCUT2D eigenvalue weighted by Gasteiger charge is -2.01. The van der Waals surface area contributed by atoms with Crippen LogP contribution in [0.5, 0.6) is 6.01 Å². The van der Waals surface area contributed by atoms with Crippen LogP contribution in [0.1, 0.15) is 0 Å². The number of nitrogens with zero attached hydrogens (tertiary/aromatic N) is 4. The van der Waals surface area contributed by atoms with Crippen LogP contribution in [-0.4, -0.2) is 31.3 Å². The van der Waals surface area contributed by atoms with E-state index in [1.807, 2.05) is 12.3 Å². The summed E-state index contributed by atoms with van der Waals surface area (Å²) < 4.78 is 0. The van der Waals surface area contributed by atoms with Crippen LogP contribution in [0.25, 0.3) is 11.4 Å². The van der Waals surface area contributed by atoms with Crippen LogP contribution in [0, 0.1) is 0 Å². The second-order valence-corrected chi connectivity index (χ2v) is 3.46. The highest BCUT2D eigenvalue weighted by molar-refractivity contribution is 7.98. The predicted molar refractivity (Wildman–Crippen MR) is 56.5 cm³/mol. The van der Waals surface area contributed by atoms with Crippen molar-refractivity contribution < 1.29 is 5.11 Å². The van der Waals surface area contributed by atoms with Crippen molar-refractivity contribution in [2.45, 2.75) is 5.16 Å². The average Bonchev–Trinajstić information content (AvgIpc) is 2.29. The molecule has 0 atom stereocenters. The van der Waals surface area contributed by atoms with Gasteiger partial charge >= 0.3 is 6.01 Å². The molecule has 76 valence electrons. The lowest BCUT2D eigenvalue weighted by molar-refractivity contribution is 0.421. The van der Waals surface area contributed by atoms with Crippen molar-refractivity contribution in [1.29, 1.82) is 0 Å². The number of hydrogen-bond donors (Lipinski definition) is 1. The van der Waals surface area contributed by atoms with Crippen molar-refractivity contribution in [2.75, 3.05) is 6.26 Å². The number of aromatic nitrogens is 4. The van der Waals surface area contributed by atoms with Gasteiger partial charge in [-0.1, -0.05) is 11.8 Å². The molecule has 2 heterocycles. The standard InChI is InChI=1S/C9H8N4OS/c1-15-9-12-7(11-8(14)13-9)6-3-2-4-10-5-6/h2-5H,1H3,(H,11,12,13,14). The molecule has 0 spiro atoms. The van der Waals surface area contributed by atoms with Crippen LogP contribution in [0.4, 0.5) is 0 Å². The van der Waals surface area contributed by atoms with Crippen LogP contribution in [0.2, 0.25) is 0 Å². The molecule has 0 amide bonds. The molecule has 2 rings (SSSR count). The SMILES string of the molecule is CSc1nc(O)nc(-c2cccnc2)n1. The highest BCUT2D eigenvalue weighted by Crippen LogP contribution is 2.18. The Morgan fingerprint density at radius 1 is 1.27 bits per heavy atom. The zero-order valence-corrected chi connectivity index (χ0v) is 8.77. The molecular formula is C9H8N4OS. The monoisotopic (exact) mass is 220 g/mol. The average molecular weight is 220 g/mol. The van der Waals surface area contributed by atoms with Gasteiger partial charge in [0.15, 0.2) is 11.0 Å². The highest BCUT2D eigenvalue weighted by atomic mass is 32.2. The maximum absolute atomic E-state index is 9.29. The lowest BCUT2D eigenvalue weighted by Crippen LogP contribution is -1.94. The molecule has 0 unspecified atom stereocenters. The van der Waals surface area contributed by atoms with Crippen LogP contribution in [-0.2, 0) is 0 Å². The van der Waals surface area contributed by atoms with Gasteiger partial charge in [-0.3, -0.25) is 4.98 Å². The van der Waals surface area contributed by atoms with Crippen LogP contribution in [0.15, 0.2) is 29.7 Å². The van der Waals surface area contributed by atoms with E-state index in [1.54, 1.807) is 18.5 Å². The maximum Gasteiger partial charge on any atom is 0.318 e. The predicted octanol–water partition coefficient (Wildman–Crippen LogP) is 1.36. The number of rotatable bonds is 2. The molecule has 2 aromatic heterocycles. The molecule has 0 aliphatic rings. The first-order chi connectivity index (χ1) is 7.29. The van der Waals surface area contributed by atoms with Gasteiger partial charge in [-0.25, -0.2) is 4.98 Å². The minimum Gasteiger partial charge on any atom is -0.479 e. The molecule has 0 aliphatic heterocycles. The molecule has 0 aromatic carbocycles. The molecule has 0 fully saturated rings. The van der Waals surface area contributed by atoms with Gasteiger partial charge in [-0.05, 0) is 18.4 Å². The summed E-state index contributed by atoms with van der Waals surface area (Å²) in [6, 6.07) is 3.34. The van der Waals surface area contributed by atoms with E-state index < -0.39 is 0 Å². The van der Waals surface area contributed by atoms with E-state index in [0.29, 0.717) is 11.0 Å². The zero-order chi connectivity index (χ0) is 10.7. The Kier molecular flexibility index (Phi) is 2.77. The van der Waals surface area contributed by atoms with Crippen molar-refractivity contribution >= 4 is 11.8 Å². The molecule has 0 saturated heterocycles.